The summed E-state index contributed by atoms with van der Waals surface area (Å²) in [5.41, 5.74) is 4.40. The van der Waals surface area contributed by atoms with E-state index in [0.29, 0.717) is 10.9 Å². The van der Waals surface area contributed by atoms with Crippen LogP contribution in [-0.4, -0.2) is 12.5 Å². The number of rotatable bonds is 3. The minimum atomic E-state index is -3.27. The molecule has 0 radical (unpaired) electrons. The summed E-state index contributed by atoms with van der Waals surface area (Å²) >= 11 is 0. The van der Waals surface area contributed by atoms with Crippen LogP contribution in [0, 0.1) is 13.8 Å². The smallest absolute Gasteiger partial charge is 0.310 e. The quantitative estimate of drug-likeness (QED) is 0.881. The number of carbonyl (C=O) groups excluding carboxylic acids is 1. The topological polar surface area (TPSA) is 55.4 Å². The molecule has 1 unspecified atom stereocenters. The van der Waals surface area contributed by atoms with Crippen molar-refractivity contribution in [3.05, 3.63) is 53.1 Å². The van der Waals surface area contributed by atoms with Crippen molar-refractivity contribution >= 4 is 18.7 Å². The summed E-state index contributed by atoms with van der Waals surface area (Å²) in [7, 11) is -3.27. The lowest BCUT2D eigenvalue weighted by Crippen LogP contribution is -2.15. The van der Waals surface area contributed by atoms with Crippen molar-refractivity contribution in [1.82, 2.24) is 5.09 Å². The Bertz CT molecular complexity index is 814. The van der Waals surface area contributed by atoms with E-state index in [-0.39, 0.29) is 12.5 Å². The molecule has 22 heavy (non-hydrogen) atoms. The summed E-state index contributed by atoms with van der Waals surface area (Å²) in [6.45, 7) is 5.94. The molecule has 2 aromatic rings. The van der Waals surface area contributed by atoms with Crippen molar-refractivity contribution in [3.63, 3.8) is 0 Å². The first-order valence-corrected chi connectivity index (χ1v) is 8.86. The summed E-state index contributed by atoms with van der Waals surface area (Å²) < 4.78 is 18.2. The first kappa shape index (κ1) is 15.0. The highest BCUT2D eigenvalue weighted by molar-refractivity contribution is 7.67. The first-order valence-electron chi connectivity index (χ1n) is 7.24. The van der Waals surface area contributed by atoms with Crippen LogP contribution in [0.5, 0.6) is 0 Å². The summed E-state index contributed by atoms with van der Waals surface area (Å²) in [5, 5.41) is 3.03. The van der Waals surface area contributed by atoms with Crippen LogP contribution in [-0.2, 0) is 9.09 Å². The van der Waals surface area contributed by atoms with E-state index in [1.807, 2.05) is 38.1 Å². The van der Waals surface area contributed by atoms with Gasteiger partial charge in [-0.3, -0.25) is 14.4 Å². The number of fused-ring (bicyclic) bond motifs is 1. The number of aryl methyl sites for hydroxylation is 2. The molecule has 5 heteroatoms. The van der Waals surface area contributed by atoms with Gasteiger partial charge in [0.15, 0.2) is 0 Å². The second-order valence-corrected chi connectivity index (χ2v) is 7.50. The van der Waals surface area contributed by atoms with Crippen molar-refractivity contribution in [2.45, 2.75) is 20.8 Å². The second-order valence-electron chi connectivity index (χ2n) is 5.47. The third-order valence-electron chi connectivity index (χ3n) is 3.75. The molecular formula is C17H18NO3P. The zero-order valence-electron chi connectivity index (χ0n) is 12.8. The lowest BCUT2D eigenvalue weighted by atomic mass is 9.99. The van der Waals surface area contributed by atoms with E-state index in [1.165, 1.54) is 0 Å². The third kappa shape index (κ3) is 2.39. The van der Waals surface area contributed by atoms with Crippen LogP contribution in [0.4, 0.5) is 0 Å². The lowest BCUT2D eigenvalue weighted by Gasteiger charge is -2.14. The SMILES string of the molecule is CCOP1(=O)NC(=O)c2cc(-c3cccc(C)c3)cc(C)c21. The highest BCUT2D eigenvalue weighted by Crippen LogP contribution is 2.48. The first-order chi connectivity index (χ1) is 10.4. The van der Waals surface area contributed by atoms with Gasteiger partial charge < -0.3 is 4.52 Å². The monoisotopic (exact) mass is 315 g/mol. The molecule has 114 valence electrons. The average Bonchev–Trinajstić information content (AvgIpc) is 2.71. The highest BCUT2D eigenvalue weighted by atomic mass is 31.2. The van der Waals surface area contributed by atoms with Crippen molar-refractivity contribution in [2.75, 3.05) is 6.61 Å². The average molecular weight is 315 g/mol. The fourth-order valence-electron chi connectivity index (χ4n) is 2.86. The largest absolute Gasteiger partial charge is 0.327 e. The number of hydrogen-bond donors (Lipinski definition) is 1. The Morgan fingerprint density at radius 2 is 1.91 bits per heavy atom. The molecule has 0 saturated heterocycles. The Morgan fingerprint density at radius 1 is 1.14 bits per heavy atom. The molecule has 1 aliphatic heterocycles. The molecule has 0 saturated carbocycles. The lowest BCUT2D eigenvalue weighted by molar-refractivity contribution is 0.0982. The summed E-state index contributed by atoms with van der Waals surface area (Å²) in [6.07, 6.45) is 0. The maximum absolute atomic E-state index is 12.8. The number of nitrogens with one attached hydrogen (secondary N) is 1. The molecule has 0 aliphatic carbocycles. The predicted molar refractivity (Wildman–Crippen MR) is 87.7 cm³/mol. The third-order valence-corrected chi connectivity index (χ3v) is 6.05. The normalized spacial score (nSPS) is 19.9. The predicted octanol–water partition coefficient (Wildman–Crippen LogP) is 3.57. The van der Waals surface area contributed by atoms with Gasteiger partial charge in [0.05, 0.1) is 17.5 Å². The Balaban J connectivity index is 2.18. The highest BCUT2D eigenvalue weighted by Gasteiger charge is 2.41. The Kier molecular flexibility index (Phi) is 3.67. The number of amides is 1. The molecule has 2 aromatic carbocycles. The molecule has 1 heterocycles. The van der Waals surface area contributed by atoms with Crippen LogP contribution in [0.2, 0.25) is 0 Å². The number of hydrogen-bond acceptors (Lipinski definition) is 3. The van der Waals surface area contributed by atoms with Gasteiger partial charge in [-0.2, -0.15) is 0 Å². The Hall–Kier alpha value is -1.90. The number of benzene rings is 2. The molecule has 1 atom stereocenters. The second kappa shape index (κ2) is 5.38. The molecule has 1 aliphatic rings. The van der Waals surface area contributed by atoms with Gasteiger partial charge in [0, 0.05) is 0 Å². The molecule has 3 rings (SSSR count). The molecule has 1 amide bonds. The van der Waals surface area contributed by atoms with E-state index >= 15 is 0 Å². The summed E-state index contributed by atoms with van der Waals surface area (Å²) in [5.74, 6) is -0.329. The van der Waals surface area contributed by atoms with E-state index in [0.717, 1.165) is 22.3 Å². The van der Waals surface area contributed by atoms with Crippen LogP contribution in [0.3, 0.4) is 0 Å². The van der Waals surface area contributed by atoms with E-state index in [1.54, 1.807) is 13.0 Å². The van der Waals surface area contributed by atoms with Gasteiger partial charge in [0.25, 0.3) is 5.91 Å². The van der Waals surface area contributed by atoms with Crippen molar-refractivity contribution in [1.29, 1.82) is 0 Å². The van der Waals surface area contributed by atoms with E-state index in [4.69, 9.17) is 4.52 Å². The van der Waals surface area contributed by atoms with Crippen molar-refractivity contribution in [3.8, 4) is 11.1 Å². The van der Waals surface area contributed by atoms with Crippen LogP contribution in [0.25, 0.3) is 11.1 Å². The van der Waals surface area contributed by atoms with Crippen LogP contribution in [0.15, 0.2) is 36.4 Å². The molecule has 0 aromatic heterocycles. The van der Waals surface area contributed by atoms with Crippen LogP contribution >= 0.6 is 7.52 Å². The van der Waals surface area contributed by atoms with Gasteiger partial charge in [-0.05, 0) is 43.5 Å². The maximum atomic E-state index is 12.8. The fourth-order valence-corrected chi connectivity index (χ4v) is 4.93. The zero-order valence-corrected chi connectivity index (χ0v) is 13.7. The fraction of sp³-hybridized carbons (Fsp3) is 0.235. The van der Waals surface area contributed by atoms with E-state index < -0.39 is 7.52 Å². The van der Waals surface area contributed by atoms with Gasteiger partial charge in [-0.1, -0.05) is 35.9 Å². The van der Waals surface area contributed by atoms with Crippen molar-refractivity contribution in [2.24, 2.45) is 0 Å². The van der Waals surface area contributed by atoms with Crippen LogP contribution in [0.1, 0.15) is 28.4 Å². The van der Waals surface area contributed by atoms with E-state index in [9.17, 15) is 9.36 Å². The molecule has 1 N–H and O–H groups in total. The summed E-state index contributed by atoms with van der Waals surface area (Å²) in [6, 6.07) is 11.8. The Labute approximate surface area is 130 Å². The molecule has 0 fully saturated rings. The summed E-state index contributed by atoms with van der Waals surface area (Å²) in [4.78, 5) is 12.2. The van der Waals surface area contributed by atoms with Crippen molar-refractivity contribution < 1.29 is 13.9 Å². The standard InChI is InChI=1S/C17H18NO3P/c1-4-21-22(20)16-12(3)9-14(10-15(16)17(19)18-22)13-7-5-6-11(2)8-13/h5-10H,4H2,1-3H3,(H,18,19,20). The minimum absolute atomic E-state index is 0.288. The number of carbonyl (C=O) groups is 1. The molecule has 0 bridgehead atoms. The zero-order chi connectivity index (χ0) is 15.9. The van der Waals surface area contributed by atoms with Gasteiger partial charge in [-0.25, -0.2) is 0 Å². The maximum Gasteiger partial charge on any atom is 0.327 e. The van der Waals surface area contributed by atoms with Gasteiger partial charge in [0.1, 0.15) is 0 Å². The van der Waals surface area contributed by atoms with Crippen LogP contribution < -0.4 is 10.4 Å². The molecule has 0 spiro atoms. The van der Waals surface area contributed by atoms with Gasteiger partial charge in [0.2, 0.25) is 0 Å². The Morgan fingerprint density at radius 3 is 2.59 bits per heavy atom. The molecule has 4 nitrogen and oxygen atoms in total. The van der Waals surface area contributed by atoms with Gasteiger partial charge >= 0.3 is 7.52 Å². The van der Waals surface area contributed by atoms with Gasteiger partial charge in [-0.15, -0.1) is 0 Å². The molecular weight excluding hydrogens is 297 g/mol. The minimum Gasteiger partial charge on any atom is -0.310 e. The van der Waals surface area contributed by atoms with E-state index in [2.05, 4.69) is 11.2 Å².